The maximum Gasteiger partial charge on any atom is 0.337 e. The van der Waals surface area contributed by atoms with Crippen LogP contribution in [0.25, 0.3) is 0 Å². The first-order chi connectivity index (χ1) is 11.0. The summed E-state index contributed by atoms with van der Waals surface area (Å²) in [6, 6.07) is 6.31. The highest BCUT2D eigenvalue weighted by atomic mass is 16.5. The Hall–Kier alpha value is -2.63. The van der Waals surface area contributed by atoms with E-state index in [1.54, 1.807) is 24.3 Å². The molecule has 0 saturated heterocycles. The van der Waals surface area contributed by atoms with Crippen molar-refractivity contribution in [3.63, 3.8) is 0 Å². The molecule has 2 N–H and O–H groups in total. The summed E-state index contributed by atoms with van der Waals surface area (Å²) in [6.07, 6.45) is 4.56. The minimum Gasteiger partial charge on any atom is -0.481 e. The Balaban J connectivity index is 1.73. The molecule has 23 heavy (non-hydrogen) atoms. The Morgan fingerprint density at radius 2 is 1.70 bits per heavy atom. The van der Waals surface area contributed by atoms with Crippen LogP contribution in [0, 0.1) is 23.7 Å². The van der Waals surface area contributed by atoms with Crippen LogP contribution in [0.15, 0.2) is 36.4 Å². The molecular weight excluding hydrogens is 298 g/mol. The highest BCUT2D eigenvalue weighted by Gasteiger charge is 2.51. The van der Waals surface area contributed by atoms with Gasteiger partial charge in [-0.15, -0.1) is 0 Å². The van der Waals surface area contributed by atoms with E-state index in [-0.39, 0.29) is 17.7 Å². The quantitative estimate of drug-likeness (QED) is 0.654. The molecule has 2 bridgehead atoms. The van der Waals surface area contributed by atoms with Gasteiger partial charge in [0, 0.05) is 5.69 Å². The Bertz CT molecular complexity index is 679. The number of hydrogen-bond donors (Lipinski definition) is 2. The van der Waals surface area contributed by atoms with Crippen LogP contribution in [-0.2, 0) is 14.3 Å². The van der Waals surface area contributed by atoms with Gasteiger partial charge in [0.1, 0.15) is 0 Å². The molecule has 1 fully saturated rings. The highest BCUT2D eigenvalue weighted by molar-refractivity contribution is 5.97. The van der Waals surface area contributed by atoms with Gasteiger partial charge in [0.25, 0.3) is 0 Å². The van der Waals surface area contributed by atoms with Crippen LogP contribution in [0.3, 0.4) is 0 Å². The van der Waals surface area contributed by atoms with E-state index in [9.17, 15) is 19.5 Å². The van der Waals surface area contributed by atoms with Gasteiger partial charge in [-0.2, -0.15) is 0 Å². The molecule has 6 heteroatoms. The van der Waals surface area contributed by atoms with E-state index in [4.69, 9.17) is 0 Å². The van der Waals surface area contributed by atoms with Crippen molar-refractivity contribution in [2.45, 2.75) is 6.42 Å². The number of fused-ring (bicyclic) bond motifs is 2. The third kappa shape index (κ3) is 2.72. The third-order valence-electron chi connectivity index (χ3n) is 4.62. The standard InChI is InChI=1S/C17H17NO5/c1-23-17(22)9-4-6-12(7-5-9)18-15(19)13-10-2-3-11(8-10)14(13)16(20)21/h2-7,10-11,13-14H,8H2,1H3,(H,18,19)(H,20,21)/t10-,11-,13-,14+/m1/s1. The van der Waals surface area contributed by atoms with Gasteiger partial charge in [-0.05, 0) is 42.5 Å². The zero-order valence-corrected chi connectivity index (χ0v) is 12.6. The number of ether oxygens (including phenoxy) is 1. The number of carbonyl (C=O) groups is 3. The van der Waals surface area contributed by atoms with Crippen molar-refractivity contribution in [1.29, 1.82) is 0 Å². The van der Waals surface area contributed by atoms with Gasteiger partial charge in [0.2, 0.25) is 5.91 Å². The van der Waals surface area contributed by atoms with Crippen molar-refractivity contribution < 1.29 is 24.2 Å². The maximum absolute atomic E-state index is 12.5. The molecule has 2 aliphatic carbocycles. The van der Waals surface area contributed by atoms with Gasteiger partial charge < -0.3 is 15.2 Å². The number of methoxy groups -OCH3 is 1. The molecule has 0 heterocycles. The van der Waals surface area contributed by atoms with Crippen molar-refractivity contribution in [3.05, 3.63) is 42.0 Å². The summed E-state index contributed by atoms with van der Waals surface area (Å²) in [5.74, 6) is -2.97. The van der Waals surface area contributed by atoms with Crippen LogP contribution >= 0.6 is 0 Å². The maximum atomic E-state index is 12.5. The SMILES string of the molecule is COC(=O)c1ccc(NC(=O)[C@H]2[C@@H](C(=O)O)[C@@H]3C=C[C@@H]2C3)cc1. The minimum atomic E-state index is -0.928. The van der Waals surface area contributed by atoms with Gasteiger partial charge in [-0.3, -0.25) is 9.59 Å². The fourth-order valence-electron chi connectivity index (χ4n) is 3.55. The lowest BCUT2D eigenvalue weighted by molar-refractivity contribution is -0.146. The van der Waals surface area contributed by atoms with E-state index < -0.39 is 23.8 Å². The van der Waals surface area contributed by atoms with Crippen LogP contribution in [0.1, 0.15) is 16.8 Å². The molecule has 0 unspecified atom stereocenters. The van der Waals surface area contributed by atoms with E-state index in [0.717, 1.165) is 6.42 Å². The van der Waals surface area contributed by atoms with E-state index >= 15 is 0 Å². The lowest BCUT2D eigenvalue weighted by Gasteiger charge is -2.23. The number of rotatable bonds is 4. The lowest BCUT2D eigenvalue weighted by Crippen LogP contribution is -2.36. The molecule has 3 rings (SSSR count). The first-order valence-corrected chi connectivity index (χ1v) is 7.41. The van der Waals surface area contributed by atoms with Crippen molar-refractivity contribution in [1.82, 2.24) is 0 Å². The Labute approximate surface area is 133 Å². The number of allylic oxidation sites excluding steroid dienone is 2. The minimum absolute atomic E-state index is 0.0181. The average Bonchev–Trinajstić information content (AvgIpc) is 3.15. The largest absolute Gasteiger partial charge is 0.481 e. The molecule has 0 spiro atoms. The number of aliphatic carboxylic acids is 1. The molecule has 0 aromatic heterocycles. The molecule has 0 aliphatic heterocycles. The van der Waals surface area contributed by atoms with Crippen LogP contribution < -0.4 is 5.32 Å². The Morgan fingerprint density at radius 3 is 2.26 bits per heavy atom. The van der Waals surface area contributed by atoms with Crippen molar-refractivity contribution in [3.8, 4) is 0 Å². The van der Waals surface area contributed by atoms with E-state index in [1.165, 1.54) is 7.11 Å². The van der Waals surface area contributed by atoms with Crippen molar-refractivity contribution >= 4 is 23.5 Å². The monoisotopic (exact) mass is 315 g/mol. The first kappa shape index (κ1) is 15.3. The number of carboxylic acid groups (broad SMARTS) is 1. The fourth-order valence-corrected chi connectivity index (χ4v) is 3.55. The summed E-state index contributed by atoms with van der Waals surface area (Å²) in [7, 11) is 1.30. The topological polar surface area (TPSA) is 92.7 Å². The number of esters is 1. The number of amides is 1. The highest BCUT2D eigenvalue weighted by Crippen LogP contribution is 2.48. The number of carboxylic acids is 1. The molecule has 1 aromatic rings. The second-order valence-electron chi connectivity index (χ2n) is 5.90. The van der Waals surface area contributed by atoms with Crippen molar-refractivity contribution in [2.75, 3.05) is 12.4 Å². The molecule has 0 radical (unpaired) electrons. The Morgan fingerprint density at radius 1 is 1.09 bits per heavy atom. The van der Waals surface area contributed by atoms with Gasteiger partial charge in [-0.1, -0.05) is 12.2 Å². The average molecular weight is 315 g/mol. The zero-order chi connectivity index (χ0) is 16.6. The lowest BCUT2D eigenvalue weighted by atomic mass is 9.82. The van der Waals surface area contributed by atoms with Gasteiger partial charge in [0.05, 0.1) is 24.5 Å². The number of anilines is 1. The molecule has 1 aromatic carbocycles. The molecule has 1 amide bonds. The van der Waals surface area contributed by atoms with Crippen LogP contribution in [-0.4, -0.2) is 30.1 Å². The van der Waals surface area contributed by atoms with Crippen LogP contribution in [0.2, 0.25) is 0 Å². The van der Waals surface area contributed by atoms with E-state index in [2.05, 4.69) is 10.1 Å². The summed E-state index contributed by atoms with van der Waals surface area (Å²) in [6.45, 7) is 0. The third-order valence-corrected chi connectivity index (χ3v) is 4.62. The molecule has 6 nitrogen and oxygen atoms in total. The van der Waals surface area contributed by atoms with Gasteiger partial charge in [-0.25, -0.2) is 4.79 Å². The molecule has 2 aliphatic rings. The summed E-state index contributed by atoms with van der Waals surface area (Å²) < 4.78 is 4.61. The number of carbonyl (C=O) groups excluding carboxylic acids is 2. The van der Waals surface area contributed by atoms with E-state index in [1.807, 2.05) is 12.2 Å². The summed E-state index contributed by atoms with van der Waals surface area (Å²) in [5, 5.41) is 12.1. The second kappa shape index (κ2) is 5.87. The molecule has 4 atom stereocenters. The van der Waals surface area contributed by atoms with E-state index in [0.29, 0.717) is 11.3 Å². The van der Waals surface area contributed by atoms with Gasteiger partial charge >= 0.3 is 11.9 Å². The molecular formula is C17H17NO5. The predicted octanol–water partition coefficient (Wildman–Crippen LogP) is 1.93. The summed E-state index contributed by atoms with van der Waals surface area (Å²) in [5.41, 5.74) is 0.912. The van der Waals surface area contributed by atoms with Crippen molar-refractivity contribution in [2.24, 2.45) is 23.7 Å². The predicted molar refractivity (Wildman–Crippen MR) is 81.8 cm³/mol. The fraction of sp³-hybridized carbons (Fsp3) is 0.353. The number of hydrogen-bond acceptors (Lipinski definition) is 4. The Kier molecular flexibility index (Phi) is 3.90. The summed E-state index contributed by atoms with van der Waals surface area (Å²) >= 11 is 0. The molecule has 1 saturated carbocycles. The number of nitrogens with one attached hydrogen (secondary N) is 1. The normalized spacial score (nSPS) is 27.7. The van der Waals surface area contributed by atoms with Gasteiger partial charge in [0.15, 0.2) is 0 Å². The first-order valence-electron chi connectivity index (χ1n) is 7.41. The van der Waals surface area contributed by atoms with Crippen LogP contribution in [0.4, 0.5) is 5.69 Å². The second-order valence-corrected chi connectivity index (χ2v) is 5.90. The zero-order valence-electron chi connectivity index (χ0n) is 12.6. The smallest absolute Gasteiger partial charge is 0.337 e. The number of benzene rings is 1. The summed E-state index contributed by atoms with van der Waals surface area (Å²) in [4.78, 5) is 35.3. The molecule has 120 valence electrons. The van der Waals surface area contributed by atoms with Crippen LogP contribution in [0.5, 0.6) is 0 Å².